The minimum atomic E-state index is 0.0685. The van der Waals surface area contributed by atoms with E-state index in [2.05, 4.69) is 0 Å². The van der Waals surface area contributed by atoms with Gasteiger partial charge in [0.25, 0.3) is 0 Å². The van der Waals surface area contributed by atoms with E-state index in [4.69, 9.17) is 20.6 Å². The van der Waals surface area contributed by atoms with Crippen LogP contribution < -0.4 is 10.5 Å². The minimum Gasteiger partial charge on any atom is -0.493 e. The van der Waals surface area contributed by atoms with Crippen LogP contribution in [0.1, 0.15) is 30.4 Å². The molecule has 2 rings (SSSR count). The number of benzene rings is 1. The number of nitrogens with two attached hydrogens (primary N) is 1. The van der Waals surface area contributed by atoms with Gasteiger partial charge in [0.1, 0.15) is 11.6 Å². The Morgan fingerprint density at radius 1 is 1.56 bits per heavy atom. The van der Waals surface area contributed by atoms with Crippen LogP contribution in [0.25, 0.3) is 0 Å². The first-order valence-corrected chi connectivity index (χ1v) is 6.36. The molecule has 1 unspecified atom stereocenters. The van der Waals surface area contributed by atoms with Crippen molar-refractivity contribution in [2.45, 2.75) is 32.3 Å². The number of nitrogen functional groups attached to an aromatic ring is 1. The summed E-state index contributed by atoms with van der Waals surface area (Å²) < 4.78 is 11.3. The third-order valence-electron chi connectivity index (χ3n) is 3.22. The van der Waals surface area contributed by atoms with Gasteiger partial charge in [0, 0.05) is 18.6 Å². The van der Waals surface area contributed by atoms with E-state index < -0.39 is 0 Å². The topological polar surface area (TPSA) is 68.3 Å². The van der Waals surface area contributed by atoms with Gasteiger partial charge in [0.05, 0.1) is 12.7 Å². The Bertz CT molecular complexity index is 426. The molecule has 1 aromatic carbocycles. The second-order valence-electron chi connectivity index (χ2n) is 4.67. The van der Waals surface area contributed by atoms with Crippen molar-refractivity contribution in [3.05, 3.63) is 29.3 Å². The number of rotatable bonds is 5. The first-order valence-electron chi connectivity index (χ1n) is 6.36. The Hall–Kier alpha value is -1.55. The van der Waals surface area contributed by atoms with Crippen LogP contribution in [-0.2, 0) is 4.74 Å². The molecule has 0 radical (unpaired) electrons. The van der Waals surface area contributed by atoms with E-state index in [0.717, 1.165) is 37.2 Å². The van der Waals surface area contributed by atoms with Gasteiger partial charge in [-0.2, -0.15) is 0 Å². The van der Waals surface area contributed by atoms with E-state index in [0.29, 0.717) is 18.3 Å². The summed E-state index contributed by atoms with van der Waals surface area (Å²) >= 11 is 0. The molecule has 0 spiro atoms. The van der Waals surface area contributed by atoms with Crippen LogP contribution in [0.3, 0.4) is 0 Å². The van der Waals surface area contributed by atoms with Crippen LogP contribution in [0.5, 0.6) is 5.75 Å². The third-order valence-corrected chi connectivity index (χ3v) is 3.22. The summed E-state index contributed by atoms with van der Waals surface area (Å²) in [7, 11) is 0. The molecule has 3 N–H and O–H groups in total. The molecule has 0 bridgehead atoms. The maximum Gasteiger partial charge on any atom is 0.122 e. The van der Waals surface area contributed by atoms with E-state index in [1.807, 2.05) is 25.1 Å². The number of hydrogen-bond donors (Lipinski definition) is 2. The quantitative estimate of drug-likeness (QED) is 0.620. The first kappa shape index (κ1) is 12.9. The van der Waals surface area contributed by atoms with Crippen LogP contribution in [0.2, 0.25) is 0 Å². The molecule has 1 heterocycles. The van der Waals surface area contributed by atoms with Gasteiger partial charge < -0.3 is 15.2 Å². The molecule has 1 fully saturated rings. The molecule has 4 nitrogen and oxygen atoms in total. The van der Waals surface area contributed by atoms with Gasteiger partial charge in [0.2, 0.25) is 0 Å². The molecule has 1 atom stereocenters. The fourth-order valence-corrected chi connectivity index (χ4v) is 2.10. The van der Waals surface area contributed by atoms with Gasteiger partial charge in [-0.3, -0.25) is 5.41 Å². The van der Waals surface area contributed by atoms with Crippen molar-refractivity contribution >= 4 is 5.84 Å². The zero-order valence-corrected chi connectivity index (χ0v) is 10.7. The van der Waals surface area contributed by atoms with E-state index in [1.165, 1.54) is 0 Å². The molecule has 0 aliphatic carbocycles. The van der Waals surface area contributed by atoms with Crippen LogP contribution in [0.15, 0.2) is 18.2 Å². The van der Waals surface area contributed by atoms with Crippen molar-refractivity contribution in [1.29, 1.82) is 5.41 Å². The van der Waals surface area contributed by atoms with Gasteiger partial charge in [-0.05, 0) is 31.4 Å². The Labute approximate surface area is 108 Å². The molecule has 0 saturated carbocycles. The van der Waals surface area contributed by atoms with Gasteiger partial charge >= 0.3 is 0 Å². The van der Waals surface area contributed by atoms with Gasteiger partial charge in [-0.25, -0.2) is 0 Å². The molecule has 1 saturated heterocycles. The van der Waals surface area contributed by atoms with Crippen molar-refractivity contribution in [3.8, 4) is 5.75 Å². The number of ether oxygens (including phenoxy) is 2. The molecule has 1 aliphatic rings. The van der Waals surface area contributed by atoms with Gasteiger partial charge in [-0.1, -0.05) is 12.1 Å². The Morgan fingerprint density at radius 3 is 3.06 bits per heavy atom. The zero-order chi connectivity index (χ0) is 13.0. The van der Waals surface area contributed by atoms with E-state index in [-0.39, 0.29) is 5.84 Å². The highest BCUT2D eigenvalue weighted by Gasteiger charge is 2.15. The molecule has 98 valence electrons. The monoisotopic (exact) mass is 248 g/mol. The van der Waals surface area contributed by atoms with Crippen molar-refractivity contribution in [1.82, 2.24) is 0 Å². The fourth-order valence-electron chi connectivity index (χ4n) is 2.10. The maximum atomic E-state index is 7.42. The third kappa shape index (κ3) is 3.23. The van der Waals surface area contributed by atoms with Crippen molar-refractivity contribution in [2.24, 2.45) is 5.73 Å². The van der Waals surface area contributed by atoms with Gasteiger partial charge in [0.15, 0.2) is 0 Å². The van der Waals surface area contributed by atoms with Crippen LogP contribution in [0, 0.1) is 12.3 Å². The van der Waals surface area contributed by atoms with E-state index >= 15 is 0 Å². The lowest BCUT2D eigenvalue weighted by Crippen LogP contribution is -2.13. The van der Waals surface area contributed by atoms with Crippen molar-refractivity contribution in [3.63, 3.8) is 0 Å². The number of aryl methyl sites for hydroxylation is 1. The summed E-state index contributed by atoms with van der Waals surface area (Å²) in [6.07, 6.45) is 3.56. The van der Waals surface area contributed by atoms with E-state index in [1.54, 1.807) is 0 Å². The average molecular weight is 248 g/mol. The predicted molar refractivity (Wildman–Crippen MR) is 71.3 cm³/mol. The minimum absolute atomic E-state index is 0.0685. The normalized spacial score (nSPS) is 18.8. The highest BCUT2D eigenvalue weighted by molar-refractivity contribution is 5.95. The Morgan fingerprint density at radius 2 is 2.39 bits per heavy atom. The highest BCUT2D eigenvalue weighted by Crippen LogP contribution is 2.21. The highest BCUT2D eigenvalue weighted by atomic mass is 16.5. The molecule has 0 aromatic heterocycles. The SMILES string of the molecule is Cc1ccc(C(=N)N)cc1OCCC1CCCO1. The number of hydrogen-bond acceptors (Lipinski definition) is 3. The zero-order valence-electron chi connectivity index (χ0n) is 10.7. The molecule has 1 aliphatic heterocycles. The predicted octanol–water partition coefficient (Wildman–Crippen LogP) is 2.23. The summed E-state index contributed by atoms with van der Waals surface area (Å²) in [4.78, 5) is 0. The van der Waals surface area contributed by atoms with Crippen LogP contribution >= 0.6 is 0 Å². The van der Waals surface area contributed by atoms with Crippen LogP contribution in [0.4, 0.5) is 0 Å². The lowest BCUT2D eigenvalue weighted by molar-refractivity contribution is 0.0902. The number of nitrogens with one attached hydrogen (secondary N) is 1. The second-order valence-corrected chi connectivity index (χ2v) is 4.67. The summed E-state index contributed by atoms with van der Waals surface area (Å²) in [5, 5.41) is 7.42. The molecular formula is C14H20N2O2. The lowest BCUT2D eigenvalue weighted by Gasteiger charge is -2.13. The Balaban J connectivity index is 1.91. The first-order chi connectivity index (χ1) is 8.66. The molecule has 18 heavy (non-hydrogen) atoms. The summed E-state index contributed by atoms with van der Waals surface area (Å²) in [5.74, 6) is 0.875. The number of amidine groups is 1. The summed E-state index contributed by atoms with van der Waals surface area (Å²) in [6.45, 7) is 3.52. The van der Waals surface area contributed by atoms with Gasteiger partial charge in [-0.15, -0.1) is 0 Å². The largest absolute Gasteiger partial charge is 0.493 e. The fraction of sp³-hybridized carbons (Fsp3) is 0.500. The van der Waals surface area contributed by atoms with Crippen molar-refractivity contribution < 1.29 is 9.47 Å². The molecule has 1 aromatic rings. The summed E-state index contributed by atoms with van der Waals surface area (Å²) in [5.41, 5.74) is 7.23. The molecule has 0 amide bonds. The van der Waals surface area contributed by atoms with Crippen molar-refractivity contribution in [2.75, 3.05) is 13.2 Å². The summed E-state index contributed by atoms with van der Waals surface area (Å²) in [6, 6.07) is 5.59. The molecule has 4 heteroatoms. The standard InChI is InChI=1S/C14H20N2O2/c1-10-4-5-11(14(15)16)9-13(10)18-8-6-12-3-2-7-17-12/h4-5,9,12H,2-3,6-8H2,1H3,(H3,15,16). The lowest BCUT2D eigenvalue weighted by atomic mass is 10.1. The van der Waals surface area contributed by atoms with Crippen LogP contribution in [-0.4, -0.2) is 25.2 Å². The second kappa shape index (κ2) is 5.87. The molecular weight excluding hydrogens is 228 g/mol. The smallest absolute Gasteiger partial charge is 0.122 e. The maximum absolute atomic E-state index is 7.42. The van der Waals surface area contributed by atoms with E-state index in [9.17, 15) is 0 Å². The Kier molecular flexibility index (Phi) is 4.20. The average Bonchev–Trinajstić information content (AvgIpc) is 2.84.